The van der Waals surface area contributed by atoms with Crippen molar-refractivity contribution < 1.29 is 18.4 Å². The molecule has 0 bridgehead atoms. The molecule has 0 aliphatic heterocycles. The third kappa shape index (κ3) is 3.30. The molecule has 0 spiro atoms. The molecular formula is C19H15F2N7O2. The van der Waals surface area contributed by atoms with Gasteiger partial charge in [-0.2, -0.15) is 9.61 Å². The van der Waals surface area contributed by atoms with Gasteiger partial charge in [-0.15, -0.1) is 10.2 Å². The van der Waals surface area contributed by atoms with Gasteiger partial charge >= 0.3 is 6.09 Å². The maximum absolute atomic E-state index is 15.1. The molecule has 9 nitrogen and oxygen atoms in total. The molecule has 3 aromatic heterocycles. The Hall–Kier alpha value is -4.02. The first-order valence-electron chi connectivity index (χ1n) is 8.83. The molecule has 152 valence electrons. The number of hydrogen-bond donors (Lipinski definition) is 1. The lowest BCUT2D eigenvalue weighted by Crippen LogP contribution is -2.13. The molecule has 1 amide bonds. The zero-order valence-electron chi connectivity index (χ0n) is 15.9. The molecule has 1 aromatic carbocycles. The van der Waals surface area contributed by atoms with Gasteiger partial charge in [0.05, 0.1) is 5.52 Å². The van der Waals surface area contributed by atoms with Crippen LogP contribution in [0.2, 0.25) is 0 Å². The maximum Gasteiger partial charge on any atom is 0.430 e. The highest BCUT2D eigenvalue weighted by Crippen LogP contribution is 2.31. The Kier molecular flexibility index (Phi) is 4.78. The van der Waals surface area contributed by atoms with Crippen LogP contribution >= 0.6 is 0 Å². The predicted molar refractivity (Wildman–Crippen MR) is 103 cm³/mol. The van der Waals surface area contributed by atoms with Gasteiger partial charge in [-0.1, -0.05) is 12.1 Å². The zero-order chi connectivity index (χ0) is 21.4. The summed E-state index contributed by atoms with van der Waals surface area (Å²) >= 11 is 0. The quantitative estimate of drug-likeness (QED) is 0.313. The van der Waals surface area contributed by atoms with E-state index in [9.17, 15) is 9.18 Å². The smallest absolute Gasteiger partial charge is 0.333 e. The minimum Gasteiger partial charge on any atom is -0.333 e. The number of oxime groups is 1. The summed E-state index contributed by atoms with van der Waals surface area (Å²) < 4.78 is 31.2. The molecule has 0 saturated heterocycles. The summed E-state index contributed by atoms with van der Waals surface area (Å²) in [5.74, 6) is -2.05. The van der Waals surface area contributed by atoms with Crippen LogP contribution in [0.15, 0.2) is 41.7 Å². The summed E-state index contributed by atoms with van der Waals surface area (Å²) in [6.45, 7) is 3.16. The molecule has 0 saturated carbocycles. The molecule has 4 aromatic rings. The van der Waals surface area contributed by atoms with Gasteiger partial charge in [0.2, 0.25) is 0 Å². The number of rotatable bonds is 4. The number of pyridine rings is 1. The molecule has 0 fully saturated rings. The minimum absolute atomic E-state index is 0.167. The summed E-state index contributed by atoms with van der Waals surface area (Å²) in [6.07, 6.45) is 0.402. The van der Waals surface area contributed by atoms with Crippen molar-refractivity contribution in [3.05, 3.63) is 65.2 Å². The number of carbonyl (C=O) groups excluding carboxylic acids is 1. The van der Waals surface area contributed by atoms with Crippen molar-refractivity contribution >= 4 is 28.4 Å². The SMILES string of the molecule is CC(=NOC(N)=O)c1ccc2nnc(C(C)c3c(F)cc4ncccc4c3F)n2n1. The first-order chi connectivity index (χ1) is 14.4. The fourth-order valence-electron chi connectivity index (χ4n) is 3.12. The zero-order valence-corrected chi connectivity index (χ0v) is 15.9. The average molecular weight is 411 g/mol. The van der Waals surface area contributed by atoms with Crippen LogP contribution in [0.3, 0.4) is 0 Å². The topological polar surface area (TPSA) is 121 Å². The van der Waals surface area contributed by atoms with Crippen molar-refractivity contribution in [1.82, 2.24) is 24.8 Å². The van der Waals surface area contributed by atoms with E-state index in [2.05, 4.69) is 30.3 Å². The largest absolute Gasteiger partial charge is 0.430 e. The Labute approximate surface area is 168 Å². The van der Waals surface area contributed by atoms with Crippen molar-refractivity contribution in [2.24, 2.45) is 10.9 Å². The van der Waals surface area contributed by atoms with Crippen LogP contribution in [0.1, 0.15) is 36.8 Å². The van der Waals surface area contributed by atoms with E-state index >= 15 is 4.39 Å². The average Bonchev–Trinajstić information content (AvgIpc) is 3.15. The van der Waals surface area contributed by atoms with E-state index in [1.807, 2.05) is 0 Å². The number of hydrogen-bond acceptors (Lipinski definition) is 7. The number of halogens is 2. The molecule has 0 radical (unpaired) electrons. The summed E-state index contributed by atoms with van der Waals surface area (Å²) in [7, 11) is 0. The van der Waals surface area contributed by atoms with Gasteiger partial charge in [-0.25, -0.2) is 13.6 Å². The fourth-order valence-corrected chi connectivity index (χ4v) is 3.12. The normalized spacial score (nSPS) is 13.0. The summed E-state index contributed by atoms with van der Waals surface area (Å²) in [4.78, 5) is 19.1. The van der Waals surface area contributed by atoms with E-state index < -0.39 is 23.6 Å². The van der Waals surface area contributed by atoms with Gasteiger partial charge in [0.15, 0.2) is 11.5 Å². The molecule has 11 heteroatoms. The van der Waals surface area contributed by atoms with Crippen LogP contribution in [0.4, 0.5) is 13.6 Å². The first kappa shape index (κ1) is 19.3. The van der Waals surface area contributed by atoms with Crippen molar-refractivity contribution in [3.63, 3.8) is 0 Å². The standard InChI is InChI=1S/C19H15F2N7O2/c1-9(16-12(20)8-14-11(17(16)21)4-3-7-23-14)18-25-24-15-6-5-13(26-28(15)18)10(2)27-30-19(22)29/h3-9H,1-2H3,(H2,22,29). The van der Waals surface area contributed by atoms with Crippen LogP contribution < -0.4 is 5.73 Å². The van der Waals surface area contributed by atoms with Gasteiger partial charge in [0.1, 0.15) is 23.0 Å². The molecule has 0 aliphatic rings. The Morgan fingerprint density at radius 3 is 2.83 bits per heavy atom. The second-order valence-electron chi connectivity index (χ2n) is 6.51. The van der Waals surface area contributed by atoms with E-state index in [0.29, 0.717) is 11.3 Å². The molecule has 1 unspecified atom stereocenters. The molecule has 1 atom stereocenters. The van der Waals surface area contributed by atoms with E-state index in [0.717, 1.165) is 0 Å². The number of benzene rings is 1. The third-order valence-electron chi connectivity index (χ3n) is 4.58. The van der Waals surface area contributed by atoms with E-state index in [1.165, 1.54) is 22.8 Å². The monoisotopic (exact) mass is 411 g/mol. The fraction of sp³-hybridized carbons (Fsp3) is 0.158. The Balaban J connectivity index is 1.82. The van der Waals surface area contributed by atoms with E-state index in [4.69, 9.17) is 5.73 Å². The number of amides is 1. The number of fused-ring (bicyclic) bond motifs is 2. The first-order valence-corrected chi connectivity index (χ1v) is 8.83. The second kappa shape index (κ2) is 7.43. The highest BCUT2D eigenvalue weighted by atomic mass is 19.1. The predicted octanol–water partition coefficient (Wildman–Crippen LogP) is 2.92. The minimum atomic E-state index is -1.06. The summed E-state index contributed by atoms with van der Waals surface area (Å²) in [6, 6.07) is 7.49. The molecule has 4 rings (SSSR count). The van der Waals surface area contributed by atoms with Crippen molar-refractivity contribution in [2.75, 3.05) is 0 Å². The summed E-state index contributed by atoms with van der Waals surface area (Å²) in [5.41, 5.74) is 5.91. The highest BCUT2D eigenvalue weighted by molar-refractivity contribution is 5.96. The van der Waals surface area contributed by atoms with Gasteiger partial charge in [-0.3, -0.25) is 9.82 Å². The number of aromatic nitrogens is 5. The lowest BCUT2D eigenvalue weighted by Gasteiger charge is -2.14. The van der Waals surface area contributed by atoms with Gasteiger partial charge < -0.3 is 5.73 Å². The van der Waals surface area contributed by atoms with Crippen molar-refractivity contribution in [1.29, 1.82) is 0 Å². The van der Waals surface area contributed by atoms with Crippen LogP contribution in [0, 0.1) is 11.6 Å². The van der Waals surface area contributed by atoms with E-state index in [1.54, 1.807) is 32.0 Å². The molecule has 2 N–H and O–H groups in total. The summed E-state index contributed by atoms with van der Waals surface area (Å²) in [5, 5.41) is 16.2. The maximum atomic E-state index is 15.1. The Morgan fingerprint density at radius 1 is 1.27 bits per heavy atom. The third-order valence-corrected chi connectivity index (χ3v) is 4.58. The van der Waals surface area contributed by atoms with Crippen LogP contribution in [-0.4, -0.2) is 36.6 Å². The van der Waals surface area contributed by atoms with Crippen LogP contribution in [0.25, 0.3) is 16.6 Å². The van der Waals surface area contributed by atoms with Crippen LogP contribution in [-0.2, 0) is 4.84 Å². The van der Waals surface area contributed by atoms with Crippen LogP contribution in [0.5, 0.6) is 0 Å². The second-order valence-corrected chi connectivity index (χ2v) is 6.51. The molecular weight excluding hydrogens is 396 g/mol. The van der Waals surface area contributed by atoms with Gasteiger partial charge in [0, 0.05) is 29.1 Å². The number of primary amides is 1. The number of nitrogens with two attached hydrogens (primary N) is 1. The Morgan fingerprint density at radius 2 is 2.07 bits per heavy atom. The van der Waals surface area contributed by atoms with E-state index in [-0.39, 0.29) is 28.0 Å². The number of carbonyl (C=O) groups is 1. The lowest BCUT2D eigenvalue weighted by atomic mass is 9.97. The van der Waals surface area contributed by atoms with Gasteiger partial charge in [-0.05, 0) is 31.2 Å². The lowest BCUT2D eigenvalue weighted by molar-refractivity contribution is 0.161. The highest BCUT2D eigenvalue weighted by Gasteiger charge is 2.25. The number of nitrogens with zero attached hydrogens (tertiary/aromatic N) is 6. The van der Waals surface area contributed by atoms with Crippen molar-refractivity contribution in [2.45, 2.75) is 19.8 Å². The van der Waals surface area contributed by atoms with Gasteiger partial charge in [0.25, 0.3) is 0 Å². The Bertz CT molecular complexity index is 1320. The molecule has 0 aliphatic carbocycles. The molecule has 30 heavy (non-hydrogen) atoms. The van der Waals surface area contributed by atoms with Crippen molar-refractivity contribution in [3.8, 4) is 0 Å². The molecule has 3 heterocycles.